The van der Waals surface area contributed by atoms with Gasteiger partial charge in [0.2, 0.25) is 5.28 Å². The summed E-state index contributed by atoms with van der Waals surface area (Å²) in [6, 6.07) is 8.47. The summed E-state index contributed by atoms with van der Waals surface area (Å²) in [7, 11) is 0. The summed E-state index contributed by atoms with van der Waals surface area (Å²) >= 11 is 6.43. The number of halogens is 1. The number of nitrogens with zero attached hydrogens (tertiary/aromatic N) is 3. The van der Waals surface area contributed by atoms with Crippen LogP contribution in [0.5, 0.6) is 0 Å². The van der Waals surface area contributed by atoms with Gasteiger partial charge in [-0.15, -0.1) is 0 Å². The molecule has 4 nitrogen and oxygen atoms in total. The van der Waals surface area contributed by atoms with Crippen LogP contribution in [-0.4, -0.2) is 27.2 Å². The zero-order valence-electron chi connectivity index (χ0n) is 11.8. The van der Waals surface area contributed by atoms with E-state index in [2.05, 4.69) is 27.5 Å². The molecule has 5 heteroatoms. The maximum Gasteiger partial charge on any atom is 0.204 e. The van der Waals surface area contributed by atoms with Gasteiger partial charge in [0.15, 0.2) is 0 Å². The molecular formula is C16H16ClN3O. The van der Waals surface area contributed by atoms with E-state index in [9.17, 15) is 0 Å². The fourth-order valence-electron chi connectivity index (χ4n) is 3.24. The molecule has 0 spiro atoms. The van der Waals surface area contributed by atoms with E-state index in [0.717, 1.165) is 41.4 Å². The third kappa shape index (κ3) is 2.10. The standard InChI is InChI=1S/C16H16ClN3O/c1-10-8-11(6-7-21-10)20-15-12-4-2-3-5-13(12)18-9-14(15)19-16(20)17/h2-5,9-11H,6-8H2,1H3/t10-,11-/m1/s1. The highest BCUT2D eigenvalue weighted by atomic mass is 35.5. The van der Waals surface area contributed by atoms with Gasteiger partial charge in [-0.3, -0.25) is 4.98 Å². The molecule has 1 saturated heterocycles. The maximum atomic E-state index is 6.43. The van der Waals surface area contributed by atoms with Crippen LogP contribution < -0.4 is 0 Å². The SMILES string of the molecule is C[C@@H]1C[C@H](n2c(Cl)nc3cnc4ccccc4c32)CCO1. The Morgan fingerprint density at radius 1 is 1.29 bits per heavy atom. The van der Waals surface area contributed by atoms with Crippen molar-refractivity contribution in [2.45, 2.75) is 31.9 Å². The Kier molecular flexibility index (Phi) is 3.08. The van der Waals surface area contributed by atoms with Crippen molar-refractivity contribution in [2.24, 2.45) is 0 Å². The number of ether oxygens (including phenoxy) is 1. The van der Waals surface area contributed by atoms with Crippen LogP contribution in [0, 0.1) is 0 Å². The van der Waals surface area contributed by atoms with E-state index in [1.54, 1.807) is 0 Å². The molecule has 0 unspecified atom stereocenters. The second-order valence-corrected chi connectivity index (χ2v) is 5.96. The van der Waals surface area contributed by atoms with Crippen molar-refractivity contribution in [2.75, 3.05) is 6.61 Å². The largest absolute Gasteiger partial charge is 0.378 e. The second-order valence-electron chi connectivity index (χ2n) is 5.62. The van der Waals surface area contributed by atoms with Crippen LogP contribution in [-0.2, 0) is 4.74 Å². The van der Waals surface area contributed by atoms with Crippen LogP contribution in [0.2, 0.25) is 5.28 Å². The summed E-state index contributed by atoms with van der Waals surface area (Å²) in [5, 5.41) is 1.65. The van der Waals surface area contributed by atoms with E-state index >= 15 is 0 Å². The Balaban J connectivity index is 1.98. The summed E-state index contributed by atoms with van der Waals surface area (Å²) in [6.07, 6.45) is 3.99. The van der Waals surface area contributed by atoms with Crippen molar-refractivity contribution in [3.63, 3.8) is 0 Å². The first-order valence-corrected chi connectivity index (χ1v) is 7.64. The summed E-state index contributed by atoms with van der Waals surface area (Å²) in [5.74, 6) is 0. The van der Waals surface area contributed by atoms with E-state index in [4.69, 9.17) is 16.3 Å². The number of pyridine rings is 1. The van der Waals surface area contributed by atoms with Crippen molar-refractivity contribution < 1.29 is 4.74 Å². The highest BCUT2D eigenvalue weighted by Crippen LogP contribution is 2.34. The van der Waals surface area contributed by atoms with E-state index in [1.165, 1.54) is 0 Å². The van der Waals surface area contributed by atoms with Gasteiger partial charge in [0, 0.05) is 18.0 Å². The van der Waals surface area contributed by atoms with Crippen molar-refractivity contribution in [1.82, 2.24) is 14.5 Å². The molecule has 3 aromatic rings. The van der Waals surface area contributed by atoms with Gasteiger partial charge >= 0.3 is 0 Å². The predicted molar refractivity (Wildman–Crippen MR) is 83.7 cm³/mol. The van der Waals surface area contributed by atoms with Gasteiger partial charge in [-0.05, 0) is 37.4 Å². The second kappa shape index (κ2) is 4.97. The summed E-state index contributed by atoms with van der Waals surface area (Å²) in [5.41, 5.74) is 2.92. The van der Waals surface area contributed by atoms with Crippen molar-refractivity contribution in [3.8, 4) is 0 Å². The molecular weight excluding hydrogens is 286 g/mol. The predicted octanol–water partition coefficient (Wildman–Crippen LogP) is 3.98. The van der Waals surface area contributed by atoms with E-state index in [-0.39, 0.29) is 6.10 Å². The van der Waals surface area contributed by atoms with Gasteiger partial charge in [0.05, 0.1) is 23.3 Å². The quantitative estimate of drug-likeness (QED) is 0.682. The van der Waals surface area contributed by atoms with Gasteiger partial charge in [-0.2, -0.15) is 0 Å². The molecule has 0 bridgehead atoms. The molecule has 0 aliphatic carbocycles. The lowest BCUT2D eigenvalue weighted by molar-refractivity contribution is 0.00680. The highest BCUT2D eigenvalue weighted by molar-refractivity contribution is 6.29. The number of imidazole rings is 1. The lowest BCUT2D eigenvalue weighted by atomic mass is 10.0. The molecule has 2 aromatic heterocycles. The molecule has 2 atom stereocenters. The Morgan fingerprint density at radius 3 is 3.00 bits per heavy atom. The molecule has 1 fully saturated rings. The smallest absolute Gasteiger partial charge is 0.204 e. The van der Waals surface area contributed by atoms with Gasteiger partial charge in [-0.25, -0.2) is 4.98 Å². The minimum Gasteiger partial charge on any atom is -0.378 e. The third-order valence-electron chi connectivity index (χ3n) is 4.20. The molecule has 3 heterocycles. The van der Waals surface area contributed by atoms with Gasteiger partial charge in [0.1, 0.15) is 5.52 Å². The van der Waals surface area contributed by atoms with Crippen LogP contribution >= 0.6 is 11.6 Å². The van der Waals surface area contributed by atoms with Gasteiger partial charge < -0.3 is 9.30 Å². The average molecular weight is 302 g/mol. The van der Waals surface area contributed by atoms with Gasteiger partial charge in [0.25, 0.3) is 0 Å². The Morgan fingerprint density at radius 2 is 2.14 bits per heavy atom. The highest BCUT2D eigenvalue weighted by Gasteiger charge is 2.25. The van der Waals surface area contributed by atoms with Crippen molar-refractivity contribution >= 4 is 33.5 Å². The first-order valence-electron chi connectivity index (χ1n) is 7.27. The maximum absolute atomic E-state index is 6.43. The number of benzene rings is 1. The molecule has 0 amide bonds. The number of fused-ring (bicyclic) bond motifs is 3. The minimum atomic E-state index is 0.255. The van der Waals surface area contributed by atoms with Crippen LogP contribution in [0.15, 0.2) is 30.5 Å². The minimum absolute atomic E-state index is 0.255. The molecule has 0 radical (unpaired) electrons. The monoisotopic (exact) mass is 301 g/mol. The van der Waals surface area contributed by atoms with Crippen LogP contribution in [0.25, 0.3) is 21.9 Å². The van der Waals surface area contributed by atoms with Crippen LogP contribution in [0.4, 0.5) is 0 Å². The number of hydrogen-bond donors (Lipinski definition) is 0. The number of rotatable bonds is 1. The molecule has 1 aliphatic heterocycles. The normalized spacial score (nSPS) is 23.0. The van der Waals surface area contributed by atoms with Crippen molar-refractivity contribution in [1.29, 1.82) is 0 Å². The fourth-order valence-corrected chi connectivity index (χ4v) is 3.55. The fraction of sp³-hybridized carbons (Fsp3) is 0.375. The molecule has 0 saturated carbocycles. The number of aromatic nitrogens is 3. The lowest BCUT2D eigenvalue weighted by Crippen LogP contribution is -2.25. The Labute approximate surface area is 127 Å². The Hall–Kier alpha value is -1.65. The zero-order valence-corrected chi connectivity index (χ0v) is 12.5. The zero-order chi connectivity index (χ0) is 14.4. The molecule has 0 N–H and O–H groups in total. The molecule has 1 aliphatic rings. The van der Waals surface area contributed by atoms with Crippen molar-refractivity contribution in [3.05, 3.63) is 35.7 Å². The van der Waals surface area contributed by atoms with E-state index in [0.29, 0.717) is 11.3 Å². The summed E-state index contributed by atoms with van der Waals surface area (Å²) < 4.78 is 7.82. The summed E-state index contributed by atoms with van der Waals surface area (Å²) in [6.45, 7) is 2.88. The average Bonchev–Trinajstić information content (AvgIpc) is 2.83. The van der Waals surface area contributed by atoms with Gasteiger partial charge in [-0.1, -0.05) is 18.2 Å². The molecule has 108 valence electrons. The number of hydrogen-bond acceptors (Lipinski definition) is 3. The summed E-state index contributed by atoms with van der Waals surface area (Å²) in [4.78, 5) is 8.95. The molecule has 21 heavy (non-hydrogen) atoms. The first kappa shape index (κ1) is 13.0. The topological polar surface area (TPSA) is 39.9 Å². The number of para-hydroxylation sites is 1. The third-order valence-corrected chi connectivity index (χ3v) is 4.47. The first-order chi connectivity index (χ1) is 10.2. The lowest BCUT2D eigenvalue weighted by Gasteiger charge is -2.29. The van der Waals surface area contributed by atoms with E-state index < -0.39 is 0 Å². The molecule has 4 rings (SSSR count). The van der Waals surface area contributed by atoms with Crippen LogP contribution in [0.1, 0.15) is 25.8 Å². The molecule has 1 aromatic carbocycles. The van der Waals surface area contributed by atoms with E-state index in [1.807, 2.05) is 24.4 Å². The van der Waals surface area contributed by atoms with Crippen LogP contribution in [0.3, 0.4) is 0 Å². The Bertz CT molecular complexity index is 814.